The molecule has 0 spiro atoms. The van der Waals surface area contributed by atoms with Crippen LogP contribution in [0.2, 0.25) is 0 Å². The van der Waals surface area contributed by atoms with Crippen LogP contribution in [0.1, 0.15) is 10.4 Å². The first-order valence-electron chi connectivity index (χ1n) is 5.30. The van der Waals surface area contributed by atoms with Crippen LogP contribution in [0.3, 0.4) is 0 Å². The molecule has 0 aliphatic rings. The molecule has 18 heavy (non-hydrogen) atoms. The zero-order valence-electron chi connectivity index (χ0n) is 9.68. The van der Waals surface area contributed by atoms with Gasteiger partial charge in [-0.15, -0.1) is 12.6 Å². The number of rotatable bonds is 3. The van der Waals surface area contributed by atoms with Crippen LogP contribution in [-0.2, 0) is 0 Å². The quantitative estimate of drug-likeness (QED) is 0.856. The molecule has 2 nitrogen and oxygen atoms in total. The second kappa shape index (κ2) is 5.23. The van der Waals surface area contributed by atoms with E-state index < -0.39 is 10.9 Å². The highest BCUT2D eigenvalue weighted by Crippen LogP contribution is 2.36. The normalized spacial score (nSPS) is 10.2. The molecule has 4 heteroatoms. The summed E-state index contributed by atoms with van der Waals surface area (Å²) in [6.45, 7) is 0. The number of carbonyl (C=O) groups excluding carboxylic acids is 1. The lowest BCUT2D eigenvalue weighted by atomic mass is 9.99. The largest absolute Gasteiger partial charge is 0.493 e. The van der Waals surface area contributed by atoms with Crippen LogP contribution < -0.4 is 4.74 Å². The van der Waals surface area contributed by atoms with Gasteiger partial charge in [0.25, 0.3) is 0 Å². The van der Waals surface area contributed by atoms with Crippen LogP contribution in [-0.4, -0.2) is 12.2 Å². The van der Waals surface area contributed by atoms with Gasteiger partial charge in [0, 0.05) is 11.1 Å². The van der Waals surface area contributed by atoms with Gasteiger partial charge in [-0.05, 0) is 17.7 Å². The van der Waals surface area contributed by atoms with E-state index in [-0.39, 0.29) is 5.75 Å². The maximum atomic E-state index is 13.7. The molecular formula is C14H11FO2S. The maximum Gasteiger partial charge on any atom is 0.217 e. The number of hydrogen-bond donors (Lipinski definition) is 1. The van der Waals surface area contributed by atoms with E-state index in [1.165, 1.54) is 19.2 Å². The minimum Gasteiger partial charge on any atom is -0.493 e. The van der Waals surface area contributed by atoms with Gasteiger partial charge in [0.2, 0.25) is 5.12 Å². The van der Waals surface area contributed by atoms with E-state index in [0.29, 0.717) is 16.7 Å². The summed E-state index contributed by atoms with van der Waals surface area (Å²) in [5.74, 6) is -0.448. The molecule has 92 valence electrons. The van der Waals surface area contributed by atoms with E-state index in [4.69, 9.17) is 4.74 Å². The van der Waals surface area contributed by atoms with E-state index in [9.17, 15) is 9.18 Å². The molecule has 0 amide bonds. The molecule has 0 aliphatic heterocycles. The maximum absolute atomic E-state index is 13.7. The van der Waals surface area contributed by atoms with Crippen molar-refractivity contribution in [1.82, 2.24) is 0 Å². The van der Waals surface area contributed by atoms with Crippen molar-refractivity contribution in [2.75, 3.05) is 7.11 Å². The van der Waals surface area contributed by atoms with Crippen molar-refractivity contribution in [3.8, 4) is 16.9 Å². The van der Waals surface area contributed by atoms with Gasteiger partial charge in [-0.2, -0.15) is 0 Å². The lowest BCUT2D eigenvalue weighted by molar-refractivity contribution is 0.109. The smallest absolute Gasteiger partial charge is 0.217 e. The molecule has 2 rings (SSSR count). The molecule has 2 aromatic rings. The fourth-order valence-corrected chi connectivity index (χ4v) is 2.01. The van der Waals surface area contributed by atoms with E-state index in [1.54, 1.807) is 12.1 Å². The van der Waals surface area contributed by atoms with Gasteiger partial charge in [-0.1, -0.05) is 30.3 Å². The predicted octanol–water partition coefficient (Wildman–Crippen LogP) is 3.57. The van der Waals surface area contributed by atoms with E-state index in [0.717, 1.165) is 0 Å². The summed E-state index contributed by atoms with van der Waals surface area (Å²) in [6, 6.07) is 11.7. The monoisotopic (exact) mass is 262 g/mol. The highest BCUT2D eigenvalue weighted by molar-refractivity contribution is 7.97. The zero-order valence-corrected chi connectivity index (χ0v) is 10.6. The first-order valence-corrected chi connectivity index (χ1v) is 5.75. The molecule has 0 atom stereocenters. The summed E-state index contributed by atoms with van der Waals surface area (Å²) in [5.41, 5.74) is 1.46. The predicted molar refractivity (Wildman–Crippen MR) is 71.7 cm³/mol. The van der Waals surface area contributed by atoms with E-state index in [2.05, 4.69) is 12.6 Å². The molecular weight excluding hydrogens is 251 g/mol. The van der Waals surface area contributed by atoms with E-state index in [1.807, 2.05) is 18.2 Å². The van der Waals surface area contributed by atoms with Gasteiger partial charge >= 0.3 is 0 Å². The van der Waals surface area contributed by atoms with Gasteiger partial charge < -0.3 is 4.74 Å². The minimum atomic E-state index is -0.505. The third-order valence-corrected chi connectivity index (χ3v) is 2.85. The Labute approximate surface area is 110 Å². The third-order valence-electron chi connectivity index (χ3n) is 2.61. The van der Waals surface area contributed by atoms with Gasteiger partial charge in [-0.3, -0.25) is 4.79 Å². The van der Waals surface area contributed by atoms with Crippen LogP contribution in [0.15, 0.2) is 42.5 Å². The van der Waals surface area contributed by atoms with Crippen LogP contribution in [0, 0.1) is 5.82 Å². The molecule has 0 saturated heterocycles. The Morgan fingerprint density at radius 2 is 1.83 bits per heavy atom. The molecule has 0 fully saturated rings. The van der Waals surface area contributed by atoms with Crippen LogP contribution in [0.4, 0.5) is 4.39 Å². The molecule has 2 aromatic carbocycles. The van der Waals surface area contributed by atoms with Crippen molar-refractivity contribution in [2.45, 2.75) is 0 Å². The number of benzene rings is 2. The summed E-state index contributed by atoms with van der Waals surface area (Å²) in [6.07, 6.45) is 0. The summed E-state index contributed by atoms with van der Waals surface area (Å²) in [7, 11) is 1.37. The fraction of sp³-hybridized carbons (Fsp3) is 0.0714. The van der Waals surface area contributed by atoms with Crippen molar-refractivity contribution >= 4 is 17.7 Å². The summed E-state index contributed by atoms with van der Waals surface area (Å²) < 4.78 is 18.8. The molecule has 0 bridgehead atoms. The number of carbonyl (C=O) groups is 1. The van der Waals surface area contributed by atoms with Crippen LogP contribution >= 0.6 is 12.6 Å². The summed E-state index contributed by atoms with van der Waals surface area (Å²) >= 11 is 3.81. The number of hydrogen-bond acceptors (Lipinski definition) is 2. The standard InChI is InChI=1S/C14H11FO2S/c1-17-13-11(15)8-7-10(14(16)18)12(13)9-5-3-2-4-6-9/h2-8H,1H3,(H,16,18). The molecule has 0 saturated carbocycles. The van der Waals surface area contributed by atoms with Gasteiger partial charge in [0.05, 0.1) is 7.11 Å². The molecule has 0 unspecified atom stereocenters. The highest BCUT2D eigenvalue weighted by Gasteiger charge is 2.18. The van der Waals surface area contributed by atoms with Crippen molar-refractivity contribution in [3.05, 3.63) is 53.8 Å². The lowest BCUT2D eigenvalue weighted by Crippen LogP contribution is -2.00. The van der Waals surface area contributed by atoms with Crippen LogP contribution in [0.5, 0.6) is 5.75 Å². The number of halogens is 1. The van der Waals surface area contributed by atoms with Crippen molar-refractivity contribution in [1.29, 1.82) is 0 Å². The Kier molecular flexibility index (Phi) is 3.67. The van der Waals surface area contributed by atoms with Gasteiger partial charge in [0.15, 0.2) is 11.6 Å². The minimum absolute atomic E-state index is 0.0566. The third kappa shape index (κ3) is 2.24. The topological polar surface area (TPSA) is 26.3 Å². The zero-order chi connectivity index (χ0) is 13.1. The van der Waals surface area contributed by atoms with Crippen molar-refractivity contribution < 1.29 is 13.9 Å². The second-order valence-electron chi connectivity index (χ2n) is 3.67. The number of ether oxygens (including phenoxy) is 1. The summed E-state index contributed by atoms with van der Waals surface area (Å²) in [5, 5.41) is -0.424. The van der Waals surface area contributed by atoms with Gasteiger partial charge in [0.1, 0.15) is 0 Å². The Bertz CT molecular complexity index is 582. The average Bonchev–Trinajstić information content (AvgIpc) is 2.39. The molecule has 0 radical (unpaired) electrons. The SMILES string of the molecule is COc1c(F)ccc(C(=O)S)c1-c1ccccc1. The Morgan fingerprint density at radius 1 is 1.17 bits per heavy atom. The Balaban J connectivity index is 2.77. The molecule has 0 heterocycles. The number of thiol groups is 1. The Morgan fingerprint density at radius 3 is 2.39 bits per heavy atom. The molecule has 0 aromatic heterocycles. The van der Waals surface area contributed by atoms with Crippen molar-refractivity contribution in [3.63, 3.8) is 0 Å². The van der Waals surface area contributed by atoms with Crippen molar-refractivity contribution in [2.24, 2.45) is 0 Å². The first kappa shape index (κ1) is 12.6. The lowest BCUT2D eigenvalue weighted by Gasteiger charge is -2.13. The van der Waals surface area contributed by atoms with Gasteiger partial charge in [-0.25, -0.2) is 4.39 Å². The fourth-order valence-electron chi connectivity index (χ4n) is 1.83. The Hall–Kier alpha value is -1.81. The second-order valence-corrected chi connectivity index (χ2v) is 4.08. The molecule has 0 N–H and O–H groups in total. The highest BCUT2D eigenvalue weighted by atomic mass is 32.1. The average molecular weight is 262 g/mol. The number of methoxy groups -OCH3 is 1. The van der Waals surface area contributed by atoms with Crippen LogP contribution in [0.25, 0.3) is 11.1 Å². The molecule has 0 aliphatic carbocycles. The van der Waals surface area contributed by atoms with E-state index >= 15 is 0 Å². The summed E-state index contributed by atoms with van der Waals surface area (Å²) in [4.78, 5) is 11.5. The first-order chi connectivity index (χ1) is 8.65.